The topological polar surface area (TPSA) is 75.4 Å². The van der Waals surface area contributed by atoms with E-state index in [1.807, 2.05) is 37.3 Å². The molecule has 5 heteroatoms. The molecule has 1 unspecified atom stereocenters. The quantitative estimate of drug-likeness (QED) is 0.818. The highest BCUT2D eigenvalue weighted by atomic mass is 16.3. The molecule has 1 heterocycles. The highest BCUT2D eigenvalue weighted by Gasteiger charge is 2.11. The summed E-state index contributed by atoms with van der Waals surface area (Å²) in [5, 5.41) is 12.3. The third-order valence-corrected chi connectivity index (χ3v) is 3.07. The Hall–Kier alpha value is -2.14. The second kappa shape index (κ2) is 7.59. The van der Waals surface area contributed by atoms with Gasteiger partial charge in [-0.2, -0.15) is 0 Å². The minimum absolute atomic E-state index is 0.148. The summed E-state index contributed by atoms with van der Waals surface area (Å²) in [6, 6.07) is 9.53. The van der Waals surface area contributed by atoms with E-state index in [2.05, 4.69) is 10.3 Å². The van der Waals surface area contributed by atoms with Gasteiger partial charge in [0.05, 0.1) is 18.2 Å². The molecular weight excluding hydrogens is 268 g/mol. The minimum atomic E-state index is -0.490. The number of nitrogens with one attached hydrogen (secondary N) is 1. The Bertz CT molecular complexity index is 566. The van der Waals surface area contributed by atoms with Crippen LogP contribution in [-0.4, -0.2) is 28.6 Å². The molecule has 1 aromatic heterocycles. The smallest absolute Gasteiger partial charge is 0.226 e. The summed E-state index contributed by atoms with van der Waals surface area (Å²) in [6.07, 6.45) is 2.72. The predicted molar refractivity (Wildman–Crippen MR) is 79.6 cm³/mol. The molecule has 2 rings (SSSR count). The van der Waals surface area contributed by atoms with Crippen LogP contribution in [0.15, 0.2) is 41.0 Å². The summed E-state index contributed by atoms with van der Waals surface area (Å²) in [6.45, 7) is 2.27. The molecule has 0 aliphatic carbocycles. The van der Waals surface area contributed by atoms with Crippen molar-refractivity contribution >= 4 is 5.91 Å². The minimum Gasteiger partial charge on any atom is -0.444 e. The molecule has 112 valence electrons. The molecule has 0 aliphatic rings. The Morgan fingerprint density at radius 2 is 2.14 bits per heavy atom. The van der Waals surface area contributed by atoms with Crippen molar-refractivity contribution in [3.63, 3.8) is 0 Å². The summed E-state index contributed by atoms with van der Waals surface area (Å²) in [4.78, 5) is 16.1. The van der Waals surface area contributed by atoms with Crippen molar-refractivity contribution in [2.45, 2.75) is 32.3 Å². The summed E-state index contributed by atoms with van der Waals surface area (Å²) in [5.41, 5.74) is 1.46. The number of amides is 1. The van der Waals surface area contributed by atoms with Crippen LogP contribution in [0.5, 0.6) is 0 Å². The van der Waals surface area contributed by atoms with Crippen LogP contribution >= 0.6 is 0 Å². The van der Waals surface area contributed by atoms with Gasteiger partial charge in [0.2, 0.25) is 11.8 Å². The van der Waals surface area contributed by atoms with Crippen molar-refractivity contribution in [3.05, 3.63) is 42.3 Å². The van der Waals surface area contributed by atoms with E-state index in [4.69, 9.17) is 4.42 Å². The van der Waals surface area contributed by atoms with Crippen molar-refractivity contribution in [1.82, 2.24) is 10.3 Å². The maximum absolute atomic E-state index is 11.8. The Labute approximate surface area is 124 Å². The van der Waals surface area contributed by atoms with Crippen LogP contribution < -0.4 is 5.32 Å². The number of carbonyl (C=O) groups is 1. The Morgan fingerprint density at radius 1 is 1.38 bits per heavy atom. The van der Waals surface area contributed by atoms with Gasteiger partial charge in [-0.15, -0.1) is 0 Å². The number of hydrogen-bond donors (Lipinski definition) is 2. The number of benzene rings is 1. The van der Waals surface area contributed by atoms with Gasteiger partial charge in [-0.1, -0.05) is 31.5 Å². The van der Waals surface area contributed by atoms with Crippen LogP contribution in [0, 0.1) is 0 Å². The number of nitrogens with zero attached hydrogens (tertiary/aromatic N) is 1. The lowest BCUT2D eigenvalue weighted by Crippen LogP contribution is -2.33. The van der Waals surface area contributed by atoms with Crippen molar-refractivity contribution in [2.24, 2.45) is 0 Å². The first kappa shape index (κ1) is 15.3. The lowest BCUT2D eigenvalue weighted by molar-refractivity contribution is -0.121. The monoisotopic (exact) mass is 288 g/mol. The third kappa shape index (κ3) is 4.72. The van der Waals surface area contributed by atoms with Crippen molar-refractivity contribution in [2.75, 3.05) is 6.54 Å². The SMILES string of the molecule is CCCC(O)CNC(=O)Cc1coc(-c2ccccc2)n1. The van der Waals surface area contributed by atoms with Crippen LogP contribution in [0.1, 0.15) is 25.5 Å². The second-order valence-corrected chi connectivity index (χ2v) is 4.93. The molecule has 0 saturated heterocycles. The molecule has 1 atom stereocenters. The molecule has 1 amide bonds. The number of hydrogen-bond acceptors (Lipinski definition) is 4. The van der Waals surface area contributed by atoms with Crippen LogP contribution in [-0.2, 0) is 11.2 Å². The molecule has 0 fully saturated rings. The summed E-state index contributed by atoms with van der Waals surface area (Å²) < 4.78 is 5.38. The van der Waals surface area contributed by atoms with E-state index in [0.717, 1.165) is 12.0 Å². The van der Waals surface area contributed by atoms with Crippen molar-refractivity contribution < 1.29 is 14.3 Å². The van der Waals surface area contributed by atoms with Gasteiger partial charge in [-0.25, -0.2) is 4.98 Å². The molecule has 0 bridgehead atoms. The lowest BCUT2D eigenvalue weighted by Gasteiger charge is -2.09. The third-order valence-electron chi connectivity index (χ3n) is 3.07. The van der Waals surface area contributed by atoms with Crippen LogP contribution in [0.4, 0.5) is 0 Å². The van der Waals surface area contributed by atoms with Gasteiger partial charge in [-0.3, -0.25) is 4.79 Å². The van der Waals surface area contributed by atoms with Gasteiger partial charge in [0.15, 0.2) is 0 Å². The van der Waals surface area contributed by atoms with Crippen LogP contribution in [0.25, 0.3) is 11.5 Å². The van der Waals surface area contributed by atoms with Gasteiger partial charge in [0.25, 0.3) is 0 Å². The molecule has 0 spiro atoms. The van der Waals surface area contributed by atoms with Crippen molar-refractivity contribution in [3.8, 4) is 11.5 Å². The van der Waals surface area contributed by atoms with E-state index in [1.165, 1.54) is 6.26 Å². The fraction of sp³-hybridized carbons (Fsp3) is 0.375. The first-order chi connectivity index (χ1) is 10.2. The molecule has 5 nitrogen and oxygen atoms in total. The number of aliphatic hydroxyl groups is 1. The average molecular weight is 288 g/mol. The largest absolute Gasteiger partial charge is 0.444 e. The van der Waals surface area contributed by atoms with E-state index in [9.17, 15) is 9.90 Å². The zero-order chi connectivity index (χ0) is 15.1. The Kier molecular flexibility index (Phi) is 5.51. The standard InChI is InChI=1S/C16H20N2O3/c1-2-6-14(19)10-17-15(20)9-13-11-21-16(18-13)12-7-4-3-5-8-12/h3-5,7-8,11,14,19H,2,6,9-10H2,1H3,(H,17,20). The molecule has 21 heavy (non-hydrogen) atoms. The number of aliphatic hydroxyl groups excluding tert-OH is 1. The van der Waals surface area contributed by atoms with E-state index in [0.29, 0.717) is 18.0 Å². The zero-order valence-corrected chi connectivity index (χ0v) is 12.1. The molecule has 0 saturated carbocycles. The molecule has 0 radical (unpaired) electrons. The number of aromatic nitrogens is 1. The lowest BCUT2D eigenvalue weighted by atomic mass is 10.2. The van der Waals surface area contributed by atoms with Crippen LogP contribution in [0.3, 0.4) is 0 Å². The summed E-state index contributed by atoms with van der Waals surface area (Å²) >= 11 is 0. The number of oxazole rings is 1. The highest BCUT2D eigenvalue weighted by molar-refractivity contribution is 5.78. The van der Waals surface area contributed by atoms with Crippen molar-refractivity contribution in [1.29, 1.82) is 0 Å². The van der Waals surface area contributed by atoms with Gasteiger partial charge in [0.1, 0.15) is 6.26 Å². The van der Waals surface area contributed by atoms with Gasteiger partial charge >= 0.3 is 0 Å². The van der Waals surface area contributed by atoms with E-state index in [1.54, 1.807) is 0 Å². The maximum atomic E-state index is 11.8. The fourth-order valence-electron chi connectivity index (χ4n) is 2.00. The predicted octanol–water partition coefficient (Wildman–Crippen LogP) is 2.16. The molecular formula is C16H20N2O3. The van der Waals surface area contributed by atoms with Gasteiger partial charge in [-0.05, 0) is 18.6 Å². The second-order valence-electron chi connectivity index (χ2n) is 4.93. The van der Waals surface area contributed by atoms with E-state index >= 15 is 0 Å². The molecule has 0 aliphatic heterocycles. The zero-order valence-electron chi connectivity index (χ0n) is 12.1. The average Bonchev–Trinajstić information content (AvgIpc) is 2.95. The Balaban J connectivity index is 1.86. The first-order valence-electron chi connectivity index (χ1n) is 7.13. The number of rotatable bonds is 7. The fourth-order valence-corrected chi connectivity index (χ4v) is 2.00. The maximum Gasteiger partial charge on any atom is 0.226 e. The molecule has 1 aromatic carbocycles. The van der Waals surface area contributed by atoms with E-state index < -0.39 is 6.10 Å². The Morgan fingerprint density at radius 3 is 2.86 bits per heavy atom. The van der Waals surface area contributed by atoms with E-state index in [-0.39, 0.29) is 18.9 Å². The molecule has 2 aromatic rings. The van der Waals surface area contributed by atoms with Crippen LogP contribution in [0.2, 0.25) is 0 Å². The van der Waals surface area contributed by atoms with Gasteiger partial charge < -0.3 is 14.8 Å². The molecule has 2 N–H and O–H groups in total. The summed E-state index contributed by atoms with van der Waals surface area (Å²) in [7, 11) is 0. The number of carbonyl (C=O) groups excluding carboxylic acids is 1. The first-order valence-corrected chi connectivity index (χ1v) is 7.13. The highest BCUT2D eigenvalue weighted by Crippen LogP contribution is 2.17. The van der Waals surface area contributed by atoms with Gasteiger partial charge in [0, 0.05) is 12.1 Å². The normalized spacial score (nSPS) is 12.1. The summed E-state index contributed by atoms with van der Waals surface area (Å²) in [5.74, 6) is 0.336.